The predicted octanol–water partition coefficient (Wildman–Crippen LogP) is 2.46. The van der Waals surface area contributed by atoms with Crippen molar-refractivity contribution in [2.75, 3.05) is 13.2 Å². The molecule has 0 fully saturated rings. The lowest BCUT2D eigenvalue weighted by atomic mass is 10.2. The van der Waals surface area contributed by atoms with Crippen molar-refractivity contribution < 1.29 is 62.8 Å². The second-order valence-corrected chi connectivity index (χ2v) is 7.40. The van der Waals surface area contributed by atoms with Crippen LogP contribution in [0.1, 0.15) is 32.6 Å². The first-order valence-corrected chi connectivity index (χ1v) is 9.86. The van der Waals surface area contributed by atoms with E-state index in [1.54, 1.807) is 12.2 Å². The van der Waals surface area contributed by atoms with Gasteiger partial charge in [-0.1, -0.05) is 19.9 Å². The van der Waals surface area contributed by atoms with Gasteiger partial charge in [-0.3, -0.25) is 4.79 Å². The van der Waals surface area contributed by atoms with Gasteiger partial charge in [0.15, 0.2) is 10.1 Å². The van der Waals surface area contributed by atoms with Crippen molar-refractivity contribution in [2.45, 2.75) is 55.7 Å². The zero-order valence-corrected chi connectivity index (χ0v) is 16.8. The Hall–Kier alpha value is -1.94. The van der Waals surface area contributed by atoms with Crippen LogP contribution in [0.3, 0.4) is 0 Å². The molecule has 0 spiro atoms. The maximum atomic E-state index is 13.6. The molecule has 1 unspecified atom stereocenters. The van der Waals surface area contributed by atoms with E-state index in [4.69, 9.17) is 0 Å². The highest BCUT2D eigenvalue weighted by Crippen LogP contribution is 2.42. The van der Waals surface area contributed by atoms with Crippen LogP contribution in [0.2, 0.25) is 0 Å². The molecule has 182 valence electrons. The van der Waals surface area contributed by atoms with Crippen LogP contribution in [0.5, 0.6) is 0 Å². The molecule has 0 aliphatic rings. The van der Waals surface area contributed by atoms with Crippen LogP contribution in [0.15, 0.2) is 12.7 Å². The fourth-order valence-corrected chi connectivity index (χ4v) is 2.39. The number of hydrogen-bond donors (Lipinski definition) is 1. The molecule has 0 saturated heterocycles. The van der Waals surface area contributed by atoms with Crippen LogP contribution in [-0.2, 0) is 29.2 Å². The van der Waals surface area contributed by atoms with Crippen molar-refractivity contribution in [2.24, 2.45) is 0 Å². The van der Waals surface area contributed by atoms with Crippen LogP contribution in [0, 0.1) is 0 Å². The number of hydrogen-bond acceptors (Lipinski definition) is 7. The molecular formula is C15H19F7NO7S-. The molecule has 0 aromatic heterocycles. The summed E-state index contributed by atoms with van der Waals surface area (Å²) in [4.78, 5) is 23.4. The predicted molar refractivity (Wildman–Crippen MR) is 87.8 cm³/mol. The summed E-state index contributed by atoms with van der Waals surface area (Å²) >= 11 is 0. The molecule has 8 nitrogen and oxygen atoms in total. The van der Waals surface area contributed by atoms with Crippen LogP contribution < -0.4 is 5.32 Å². The summed E-state index contributed by atoms with van der Waals surface area (Å²) in [6.07, 6.45) is -8.34. The number of amides is 1. The summed E-state index contributed by atoms with van der Waals surface area (Å²) in [6.45, 7) is 2.65. The van der Waals surface area contributed by atoms with Crippen LogP contribution in [0.4, 0.5) is 30.7 Å². The maximum absolute atomic E-state index is 13.6. The van der Waals surface area contributed by atoms with Gasteiger partial charge in [-0.25, -0.2) is 13.2 Å². The number of carbonyl (C=O) groups excluding carboxylic acids is 2. The van der Waals surface area contributed by atoms with Gasteiger partial charge in [-0.05, 0) is 12.8 Å². The molecule has 1 amide bonds. The summed E-state index contributed by atoms with van der Waals surface area (Å²) < 4.78 is 133. The van der Waals surface area contributed by atoms with Gasteiger partial charge in [0.05, 0.1) is 6.61 Å². The second-order valence-electron chi connectivity index (χ2n) is 5.98. The van der Waals surface area contributed by atoms with E-state index in [1.807, 2.05) is 0 Å². The van der Waals surface area contributed by atoms with E-state index in [2.05, 4.69) is 16.1 Å². The van der Waals surface area contributed by atoms with E-state index < -0.39 is 64.6 Å². The molecule has 1 N–H and O–H groups in total. The minimum absolute atomic E-state index is 0.208. The summed E-state index contributed by atoms with van der Waals surface area (Å²) in [6, 6.07) is 0. The van der Waals surface area contributed by atoms with Gasteiger partial charge < -0.3 is 19.3 Å². The van der Waals surface area contributed by atoms with Gasteiger partial charge in [0, 0.05) is 19.0 Å². The smallest absolute Gasteiger partial charge is 0.466 e. The maximum Gasteiger partial charge on any atom is 0.466 e. The Morgan fingerprint density at radius 3 is 2.06 bits per heavy atom. The molecule has 0 rings (SSSR count). The molecule has 1 atom stereocenters. The van der Waals surface area contributed by atoms with Gasteiger partial charge in [-0.2, -0.15) is 30.7 Å². The standard InChI is InChI=1S/C15H20F7NO7S/c1-3-5-8-23-11(25)13(14(18,19)20,30-10(24)4-2)29-9-6-7-12(16,17)15(21,22)31(26,27)28/h4H,2-3,5-9H2,1H3,(H,23,25)(H,26,27,28)/p-1. The first-order chi connectivity index (χ1) is 13.9. The molecule has 0 aliphatic carbocycles. The minimum atomic E-state index is -6.79. The lowest BCUT2D eigenvalue weighted by Gasteiger charge is -2.33. The highest BCUT2D eigenvalue weighted by Gasteiger charge is 2.66. The molecule has 0 radical (unpaired) electrons. The largest absolute Gasteiger partial charge is 0.743 e. The van der Waals surface area contributed by atoms with E-state index in [0.717, 1.165) is 0 Å². The van der Waals surface area contributed by atoms with Crippen molar-refractivity contribution in [3.8, 4) is 0 Å². The molecule has 0 aliphatic heterocycles. The third kappa shape index (κ3) is 7.03. The Labute approximate surface area is 172 Å². The number of carbonyl (C=O) groups is 2. The highest BCUT2D eigenvalue weighted by atomic mass is 32.2. The third-order valence-corrected chi connectivity index (χ3v) is 4.51. The fraction of sp³-hybridized carbons (Fsp3) is 0.733. The van der Waals surface area contributed by atoms with Gasteiger partial charge >= 0.3 is 35.0 Å². The number of esters is 1. The van der Waals surface area contributed by atoms with Crippen molar-refractivity contribution in [1.29, 1.82) is 0 Å². The summed E-state index contributed by atoms with van der Waals surface area (Å²) in [5.41, 5.74) is 0. The van der Waals surface area contributed by atoms with E-state index in [9.17, 15) is 53.3 Å². The Morgan fingerprint density at radius 2 is 1.65 bits per heavy atom. The van der Waals surface area contributed by atoms with E-state index >= 15 is 0 Å². The molecule has 0 heterocycles. The molecule has 0 saturated carbocycles. The van der Waals surface area contributed by atoms with E-state index in [1.165, 1.54) is 0 Å². The average Bonchev–Trinajstić information content (AvgIpc) is 2.61. The minimum Gasteiger partial charge on any atom is -0.743 e. The summed E-state index contributed by atoms with van der Waals surface area (Å²) in [7, 11) is -6.79. The number of rotatable bonds is 13. The quantitative estimate of drug-likeness (QED) is 0.105. The number of nitrogens with one attached hydrogen (secondary N) is 1. The second kappa shape index (κ2) is 10.6. The van der Waals surface area contributed by atoms with Gasteiger partial charge in [0.2, 0.25) is 0 Å². The molecule has 0 bridgehead atoms. The normalized spacial score (nSPS) is 15.1. The lowest BCUT2D eigenvalue weighted by Crippen LogP contribution is -2.61. The SMILES string of the molecule is C=CC(=O)OC(OCCCC(F)(F)C(F)(F)S(=O)(=O)[O-])(C(=O)NCCCC)C(F)(F)F. The first-order valence-electron chi connectivity index (χ1n) is 8.45. The molecule has 31 heavy (non-hydrogen) atoms. The molecular weight excluding hydrogens is 471 g/mol. The van der Waals surface area contributed by atoms with Crippen molar-refractivity contribution >= 4 is 22.0 Å². The average molecular weight is 490 g/mol. The van der Waals surface area contributed by atoms with E-state index in [-0.39, 0.29) is 19.0 Å². The Bertz CT molecular complexity index is 755. The summed E-state index contributed by atoms with van der Waals surface area (Å²) in [5.74, 6) is -13.6. The Balaban J connectivity index is 5.61. The topological polar surface area (TPSA) is 122 Å². The third-order valence-electron chi connectivity index (χ3n) is 3.58. The number of ether oxygens (including phenoxy) is 2. The van der Waals surface area contributed by atoms with Crippen molar-refractivity contribution in [1.82, 2.24) is 5.32 Å². The van der Waals surface area contributed by atoms with Crippen LogP contribution in [0.25, 0.3) is 0 Å². The Morgan fingerprint density at radius 1 is 1.10 bits per heavy atom. The molecule has 0 aromatic carbocycles. The molecule has 16 heteroatoms. The fourth-order valence-electron chi connectivity index (χ4n) is 1.93. The monoisotopic (exact) mass is 490 g/mol. The number of halogens is 7. The van der Waals surface area contributed by atoms with Crippen LogP contribution >= 0.6 is 0 Å². The van der Waals surface area contributed by atoms with Crippen molar-refractivity contribution in [3.63, 3.8) is 0 Å². The number of unbranched alkanes of at least 4 members (excludes halogenated alkanes) is 1. The molecule has 0 aromatic rings. The van der Waals surface area contributed by atoms with E-state index in [0.29, 0.717) is 6.42 Å². The lowest BCUT2D eigenvalue weighted by molar-refractivity contribution is -0.347. The Kier molecular flexibility index (Phi) is 9.92. The zero-order chi connectivity index (χ0) is 24.7. The van der Waals surface area contributed by atoms with Gasteiger partial charge in [-0.15, -0.1) is 0 Å². The highest BCUT2D eigenvalue weighted by molar-refractivity contribution is 7.86. The van der Waals surface area contributed by atoms with Crippen LogP contribution in [-0.4, -0.2) is 61.1 Å². The van der Waals surface area contributed by atoms with Crippen molar-refractivity contribution in [3.05, 3.63) is 12.7 Å². The number of alkyl halides is 7. The zero-order valence-electron chi connectivity index (χ0n) is 15.9. The van der Waals surface area contributed by atoms with Gasteiger partial charge in [0.1, 0.15) is 0 Å². The van der Waals surface area contributed by atoms with Gasteiger partial charge in [0.25, 0.3) is 0 Å². The summed E-state index contributed by atoms with van der Waals surface area (Å²) in [5, 5.41) is -4.27. The first kappa shape index (κ1) is 29.1.